The van der Waals surface area contributed by atoms with Crippen molar-refractivity contribution in [2.75, 3.05) is 24.1 Å². The molecule has 11 nitrogen and oxygen atoms in total. The summed E-state index contributed by atoms with van der Waals surface area (Å²) < 4.78 is 38.8. The van der Waals surface area contributed by atoms with Gasteiger partial charge in [0, 0.05) is 12.1 Å². The number of hydrogen-bond acceptors (Lipinski definition) is 8. The fourth-order valence-electron chi connectivity index (χ4n) is 3.32. The lowest BCUT2D eigenvalue weighted by Crippen LogP contribution is -2.39. The molecule has 0 radical (unpaired) electrons. The number of benzene rings is 3. The zero-order chi connectivity index (χ0) is 27.5. The van der Waals surface area contributed by atoms with E-state index in [4.69, 9.17) is 9.47 Å². The molecule has 3 rings (SSSR count). The van der Waals surface area contributed by atoms with E-state index in [1.807, 2.05) is 13.8 Å². The van der Waals surface area contributed by atoms with Gasteiger partial charge in [0.25, 0.3) is 21.6 Å². The highest BCUT2D eigenvalue weighted by Gasteiger charge is 2.27. The zero-order valence-corrected chi connectivity index (χ0v) is 21.8. The maximum Gasteiger partial charge on any atom is 0.269 e. The number of carbonyl (C=O) groups excluding carboxylic acids is 1. The molecule has 0 aliphatic heterocycles. The Morgan fingerprint density at radius 1 is 1.03 bits per heavy atom. The fraction of sp³-hybridized carbons (Fsp3) is 0.231. The molecule has 0 saturated heterocycles. The van der Waals surface area contributed by atoms with Crippen molar-refractivity contribution in [3.05, 3.63) is 88.5 Å². The Bertz CT molecular complexity index is 1380. The van der Waals surface area contributed by atoms with Gasteiger partial charge in [0.2, 0.25) is 0 Å². The van der Waals surface area contributed by atoms with Crippen molar-refractivity contribution in [3.63, 3.8) is 0 Å². The molecule has 3 aromatic rings. The van der Waals surface area contributed by atoms with Crippen LogP contribution in [0.2, 0.25) is 0 Å². The van der Waals surface area contributed by atoms with Gasteiger partial charge in [-0.05, 0) is 61.4 Å². The molecule has 0 aliphatic rings. The number of ether oxygens (including phenoxy) is 2. The standard InChI is InChI=1S/C26H28N4O7S/c1-3-16-37-24-15-10-20(17-25(24)36-4-2)18-27-28-26(31)19-29(21-11-13-22(14-12-21)30(32)33)38(34,35)23-8-6-5-7-9-23/h5-15,17-18H,3-4,16,19H2,1-2H3,(H,28,31)/b27-18-. The summed E-state index contributed by atoms with van der Waals surface area (Å²) in [6, 6.07) is 17.6. The number of rotatable bonds is 13. The third kappa shape index (κ3) is 7.29. The van der Waals surface area contributed by atoms with E-state index in [1.54, 1.807) is 36.4 Å². The van der Waals surface area contributed by atoms with Crippen LogP contribution in [0, 0.1) is 10.1 Å². The Balaban J connectivity index is 1.79. The first-order valence-corrected chi connectivity index (χ1v) is 13.2. The molecular weight excluding hydrogens is 512 g/mol. The van der Waals surface area contributed by atoms with Gasteiger partial charge in [-0.2, -0.15) is 5.10 Å². The highest BCUT2D eigenvalue weighted by Crippen LogP contribution is 2.28. The maximum absolute atomic E-state index is 13.3. The van der Waals surface area contributed by atoms with E-state index in [0.29, 0.717) is 30.3 Å². The molecule has 0 aromatic heterocycles. The van der Waals surface area contributed by atoms with E-state index >= 15 is 0 Å². The Hall–Kier alpha value is -4.45. The predicted molar refractivity (Wildman–Crippen MR) is 143 cm³/mol. The number of anilines is 1. The van der Waals surface area contributed by atoms with E-state index in [1.165, 1.54) is 42.6 Å². The normalized spacial score (nSPS) is 11.2. The molecule has 1 N–H and O–H groups in total. The molecule has 0 bridgehead atoms. The van der Waals surface area contributed by atoms with Crippen molar-refractivity contribution >= 4 is 33.5 Å². The minimum Gasteiger partial charge on any atom is -0.490 e. The van der Waals surface area contributed by atoms with Crippen molar-refractivity contribution in [2.24, 2.45) is 5.10 Å². The summed E-state index contributed by atoms with van der Waals surface area (Å²) in [5, 5.41) is 15.0. The second kappa shape index (κ2) is 13.2. The number of nitro groups is 1. The Morgan fingerprint density at radius 2 is 1.74 bits per heavy atom. The number of nitrogens with one attached hydrogen (secondary N) is 1. The summed E-state index contributed by atoms with van der Waals surface area (Å²) in [4.78, 5) is 23.1. The molecule has 0 unspecified atom stereocenters. The van der Waals surface area contributed by atoms with Gasteiger partial charge in [-0.1, -0.05) is 25.1 Å². The first-order chi connectivity index (χ1) is 18.3. The van der Waals surface area contributed by atoms with Crippen molar-refractivity contribution in [1.29, 1.82) is 0 Å². The molecule has 0 atom stereocenters. The summed E-state index contributed by atoms with van der Waals surface area (Å²) in [7, 11) is -4.16. The molecule has 0 fully saturated rings. The number of carbonyl (C=O) groups is 1. The summed E-state index contributed by atoms with van der Waals surface area (Å²) in [5.74, 6) is 0.418. The number of nitrogens with zero attached hydrogens (tertiary/aromatic N) is 3. The van der Waals surface area contributed by atoms with Crippen LogP contribution in [0.25, 0.3) is 0 Å². The van der Waals surface area contributed by atoms with Crippen LogP contribution in [0.1, 0.15) is 25.8 Å². The lowest BCUT2D eigenvalue weighted by Gasteiger charge is -2.23. The molecular formula is C26H28N4O7S. The Labute approximate surface area is 220 Å². The fourth-order valence-corrected chi connectivity index (χ4v) is 4.77. The van der Waals surface area contributed by atoms with Gasteiger partial charge in [0.15, 0.2) is 11.5 Å². The van der Waals surface area contributed by atoms with Crippen molar-refractivity contribution in [1.82, 2.24) is 5.43 Å². The molecule has 1 amide bonds. The molecule has 0 aliphatic carbocycles. The molecule has 12 heteroatoms. The van der Waals surface area contributed by atoms with Crippen molar-refractivity contribution < 1.29 is 27.6 Å². The van der Waals surface area contributed by atoms with Crippen LogP contribution in [0.4, 0.5) is 11.4 Å². The second-order valence-corrected chi connectivity index (χ2v) is 9.74. The zero-order valence-electron chi connectivity index (χ0n) is 20.9. The van der Waals surface area contributed by atoms with Gasteiger partial charge in [-0.25, -0.2) is 13.8 Å². The van der Waals surface area contributed by atoms with Crippen LogP contribution in [0.3, 0.4) is 0 Å². The van der Waals surface area contributed by atoms with Crippen molar-refractivity contribution in [2.45, 2.75) is 25.2 Å². The van der Waals surface area contributed by atoms with E-state index in [-0.39, 0.29) is 16.3 Å². The highest BCUT2D eigenvalue weighted by atomic mass is 32.2. The van der Waals surface area contributed by atoms with Gasteiger partial charge >= 0.3 is 0 Å². The molecule has 0 spiro atoms. The molecule has 38 heavy (non-hydrogen) atoms. The molecule has 0 saturated carbocycles. The SMILES string of the molecule is CCCOc1ccc(/C=N\NC(=O)CN(c2ccc([N+](=O)[O-])cc2)S(=O)(=O)c2ccccc2)cc1OCC. The summed E-state index contributed by atoms with van der Waals surface area (Å²) >= 11 is 0. The average molecular weight is 541 g/mol. The highest BCUT2D eigenvalue weighted by molar-refractivity contribution is 7.92. The molecule has 0 heterocycles. The third-order valence-corrected chi connectivity index (χ3v) is 6.89. The predicted octanol–water partition coefficient (Wildman–Crippen LogP) is 4.13. The number of nitro benzene ring substituents is 1. The van der Waals surface area contributed by atoms with Crippen LogP contribution in [0.5, 0.6) is 11.5 Å². The first kappa shape index (κ1) is 28.1. The Kier molecular flexibility index (Phi) is 9.77. The number of amides is 1. The number of non-ortho nitro benzene ring substituents is 1. The van der Waals surface area contributed by atoms with Crippen molar-refractivity contribution in [3.8, 4) is 11.5 Å². The summed E-state index contributed by atoms with van der Waals surface area (Å²) in [6.45, 7) is 4.22. The lowest BCUT2D eigenvalue weighted by atomic mass is 10.2. The van der Waals surface area contributed by atoms with E-state index in [9.17, 15) is 23.3 Å². The maximum atomic E-state index is 13.3. The van der Waals surface area contributed by atoms with Crippen LogP contribution < -0.4 is 19.2 Å². The largest absolute Gasteiger partial charge is 0.490 e. The number of hydrazone groups is 1. The third-order valence-electron chi connectivity index (χ3n) is 5.10. The quantitative estimate of drug-likeness (QED) is 0.195. The molecule has 200 valence electrons. The number of hydrogen-bond donors (Lipinski definition) is 1. The lowest BCUT2D eigenvalue weighted by molar-refractivity contribution is -0.384. The van der Waals surface area contributed by atoms with E-state index < -0.39 is 27.4 Å². The summed E-state index contributed by atoms with van der Waals surface area (Å²) in [6.07, 6.45) is 2.24. The van der Waals surface area contributed by atoms with Crippen LogP contribution in [0.15, 0.2) is 82.8 Å². The van der Waals surface area contributed by atoms with E-state index in [0.717, 1.165) is 10.7 Å². The van der Waals surface area contributed by atoms with Crippen LogP contribution >= 0.6 is 0 Å². The smallest absolute Gasteiger partial charge is 0.269 e. The first-order valence-electron chi connectivity index (χ1n) is 11.8. The summed E-state index contributed by atoms with van der Waals surface area (Å²) in [5.41, 5.74) is 2.83. The minimum absolute atomic E-state index is 0.0384. The van der Waals surface area contributed by atoms with Gasteiger partial charge in [-0.3, -0.25) is 19.2 Å². The number of sulfonamides is 1. The monoisotopic (exact) mass is 540 g/mol. The minimum atomic E-state index is -4.16. The Morgan fingerprint density at radius 3 is 2.37 bits per heavy atom. The van der Waals surface area contributed by atoms with Crippen LogP contribution in [-0.2, 0) is 14.8 Å². The average Bonchev–Trinajstić information content (AvgIpc) is 2.92. The van der Waals surface area contributed by atoms with Gasteiger partial charge in [0.1, 0.15) is 6.54 Å². The second-order valence-electron chi connectivity index (χ2n) is 7.88. The molecule has 3 aromatic carbocycles. The van der Waals surface area contributed by atoms with Gasteiger partial charge in [0.05, 0.1) is 34.9 Å². The van der Waals surface area contributed by atoms with E-state index in [2.05, 4.69) is 10.5 Å². The topological polar surface area (TPSA) is 140 Å². The van der Waals surface area contributed by atoms with Gasteiger partial charge in [-0.15, -0.1) is 0 Å². The van der Waals surface area contributed by atoms with Crippen LogP contribution in [-0.4, -0.2) is 45.2 Å². The van der Waals surface area contributed by atoms with Gasteiger partial charge < -0.3 is 9.47 Å².